The summed E-state index contributed by atoms with van der Waals surface area (Å²) in [6.07, 6.45) is 1.01. The molecule has 1 aromatic heterocycles. The number of halogens is 1. The molecule has 2 heterocycles. The summed E-state index contributed by atoms with van der Waals surface area (Å²) in [5, 5.41) is 10.9. The molecule has 168 valence electrons. The number of anilines is 1. The molecule has 8 nitrogen and oxygen atoms in total. The van der Waals surface area contributed by atoms with Crippen molar-refractivity contribution in [2.75, 3.05) is 18.4 Å². The minimum Gasteiger partial charge on any atom is -0.403 e. The van der Waals surface area contributed by atoms with E-state index in [-0.39, 0.29) is 22.4 Å². The average Bonchev–Trinajstić information content (AvgIpc) is 3.22. The lowest BCUT2D eigenvalue weighted by Crippen LogP contribution is -2.42. The van der Waals surface area contributed by atoms with Crippen LogP contribution >= 0.6 is 11.6 Å². The van der Waals surface area contributed by atoms with Crippen molar-refractivity contribution in [3.63, 3.8) is 0 Å². The zero-order valence-corrected chi connectivity index (χ0v) is 19.2. The van der Waals surface area contributed by atoms with E-state index < -0.39 is 15.9 Å². The maximum Gasteiger partial charge on any atom is 0.322 e. The lowest BCUT2D eigenvalue weighted by Gasteiger charge is -2.34. The minimum atomic E-state index is -3.61. The quantitative estimate of drug-likeness (QED) is 0.590. The lowest BCUT2D eigenvalue weighted by atomic mass is 9.94. The molecule has 2 atom stereocenters. The molecule has 1 fully saturated rings. The Morgan fingerprint density at radius 1 is 1.03 bits per heavy atom. The van der Waals surface area contributed by atoms with Crippen LogP contribution in [0.4, 0.5) is 6.01 Å². The first-order chi connectivity index (χ1) is 15.2. The van der Waals surface area contributed by atoms with Gasteiger partial charge in [-0.05, 0) is 66.8 Å². The summed E-state index contributed by atoms with van der Waals surface area (Å²) in [6.45, 7) is 5.12. The van der Waals surface area contributed by atoms with Crippen LogP contribution in [0.1, 0.15) is 30.6 Å². The molecule has 1 aliphatic heterocycles. The average molecular weight is 475 g/mol. The SMILES string of the molecule is C[C@@H]1C[C@@H](C)CN(S(=O)(=O)c2ccc(C(=O)Nc3nnc(-c4ccc(Cl)cc4)o3)cc2)C1. The van der Waals surface area contributed by atoms with Crippen LogP contribution < -0.4 is 5.32 Å². The number of hydrogen-bond donors (Lipinski definition) is 1. The number of nitrogens with one attached hydrogen (secondary N) is 1. The Bertz CT molecular complexity index is 1200. The van der Waals surface area contributed by atoms with Crippen molar-refractivity contribution < 1.29 is 17.6 Å². The zero-order chi connectivity index (χ0) is 22.9. The maximum atomic E-state index is 13.0. The molecule has 1 N–H and O–H groups in total. The predicted molar refractivity (Wildman–Crippen MR) is 121 cm³/mol. The number of amides is 1. The summed E-state index contributed by atoms with van der Waals surface area (Å²) >= 11 is 5.87. The smallest absolute Gasteiger partial charge is 0.322 e. The van der Waals surface area contributed by atoms with Crippen molar-refractivity contribution >= 4 is 33.5 Å². The fourth-order valence-corrected chi connectivity index (χ4v) is 5.69. The third-order valence-corrected chi connectivity index (χ3v) is 7.42. The molecule has 0 saturated carbocycles. The topological polar surface area (TPSA) is 105 Å². The molecule has 0 unspecified atom stereocenters. The number of aromatic nitrogens is 2. The van der Waals surface area contributed by atoms with Crippen molar-refractivity contribution in [2.45, 2.75) is 25.2 Å². The van der Waals surface area contributed by atoms with Crippen molar-refractivity contribution in [1.29, 1.82) is 0 Å². The normalized spacial score (nSPS) is 19.6. The van der Waals surface area contributed by atoms with E-state index in [1.54, 1.807) is 24.3 Å². The van der Waals surface area contributed by atoms with Crippen LogP contribution in [0.15, 0.2) is 57.8 Å². The molecular weight excluding hydrogens is 452 g/mol. The summed E-state index contributed by atoms with van der Waals surface area (Å²) in [7, 11) is -3.61. The van der Waals surface area contributed by atoms with E-state index >= 15 is 0 Å². The van der Waals surface area contributed by atoms with Gasteiger partial charge in [0.2, 0.25) is 15.9 Å². The maximum absolute atomic E-state index is 13.0. The summed E-state index contributed by atoms with van der Waals surface area (Å²) in [4.78, 5) is 12.7. The zero-order valence-electron chi connectivity index (χ0n) is 17.7. The monoisotopic (exact) mass is 474 g/mol. The van der Waals surface area contributed by atoms with E-state index in [0.29, 0.717) is 35.5 Å². The molecule has 1 aliphatic rings. The fourth-order valence-electron chi connectivity index (χ4n) is 3.88. The Balaban J connectivity index is 1.45. The van der Waals surface area contributed by atoms with E-state index in [9.17, 15) is 13.2 Å². The number of piperidine rings is 1. The van der Waals surface area contributed by atoms with Crippen LogP contribution in [0.2, 0.25) is 5.02 Å². The highest BCUT2D eigenvalue weighted by molar-refractivity contribution is 7.89. The lowest BCUT2D eigenvalue weighted by molar-refractivity contribution is 0.102. The largest absolute Gasteiger partial charge is 0.403 e. The van der Waals surface area contributed by atoms with Crippen LogP contribution in [0.25, 0.3) is 11.5 Å². The summed E-state index contributed by atoms with van der Waals surface area (Å²) in [6, 6.07) is 12.6. The second-order valence-electron chi connectivity index (χ2n) is 8.17. The van der Waals surface area contributed by atoms with Crippen molar-refractivity contribution in [3.05, 3.63) is 59.1 Å². The van der Waals surface area contributed by atoms with E-state index in [2.05, 4.69) is 29.4 Å². The molecule has 4 rings (SSSR count). The third-order valence-electron chi connectivity index (χ3n) is 5.33. The molecule has 1 saturated heterocycles. The van der Waals surface area contributed by atoms with Gasteiger partial charge in [0.15, 0.2) is 0 Å². The van der Waals surface area contributed by atoms with E-state index in [1.165, 1.54) is 28.6 Å². The van der Waals surface area contributed by atoms with Gasteiger partial charge < -0.3 is 4.42 Å². The number of benzene rings is 2. The molecule has 3 aromatic rings. The fraction of sp³-hybridized carbons (Fsp3) is 0.318. The third kappa shape index (κ3) is 4.85. The van der Waals surface area contributed by atoms with Crippen LogP contribution in [-0.2, 0) is 10.0 Å². The van der Waals surface area contributed by atoms with Gasteiger partial charge in [0.25, 0.3) is 5.91 Å². The van der Waals surface area contributed by atoms with Crippen LogP contribution in [0, 0.1) is 11.8 Å². The first-order valence-corrected chi connectivity index (χ1v) is 12.0. The molecule has 10 heteroatoms. The Morgan fingerprint density at radius 2 is 1.66 bits per heavy atom. The Kier molecular flexibility index (Phi) is 6.32. The summed E-state index contributed by atoms with van der Waals surface area (Å²) in [5.41, 5.74) is 0.939. The van der Waals surface area contributed by atoms with Crippen LogP contribution in [0.5, 0.6) is 0 Å². The first-order valence-electron chi connectivity index (χ1n) is 10.2. The number of hydrogen-bond acceptors (Lipinski definition) is 6. The Labute approximate surface area is 191 Å². The molecule has 32 heavy (non-hydrogen) atoms. The minimum absolute atomic E-state index is 0.0621. The molecule has 0 bridgehead atoms. The summed E-state index contributed by atoms with van der Waals surface area (Å²) in [5.74, 6) is 0.375. The molecule has 1 amide bonds. The molecule has 0 aliphatic carbocycles. The number of carbonyl (C=O) groups is 1. The molecular formula is C22H23ClN4O4S. The molecule has 2 aromatic carbocycles. The van der Waals surface area contributed by atoms with Gasteiger partial charge in [0.1, 0.15) is 0 Å². The summed E-state index contributed by atoms with van der Waals surface area (Å²) < 4.78 is 33.0. The second-order valence-corrected chi connectivity index (χ2v) is 10.5. The van der Waals surface area contributed by atoms with E-state index in [0.717, 1.165) is 6.42 Å². The Morgan fingerprint density at radius 3 is 2.28 bits per heavy atom. The number of nitrogens with zero attached hydrogens (tertiary/aromatic N) is 3. The van der Waals surface area contributed by atoms with E-state index in [1.807, 2.05) is 0 Å². The van der Waals surface area contributed by atoms with Crippen molar-refractivity contribution in [1.82, 2.24) is 14.5 Å². The first kappa shape index (κ1) is 22.4. The highest BCUT2D eigenvalue weighted by Gasteiger charge is 2.31. The number of sulfonamides is 1. The van der Waals surface area contributed by atoms with E-state index in [4.69, 9.17) is 16.0 Å². The van der Waals surface area contributed by atoms with Crippen molar-refractivity contribution in [3.8, 4) is 11.5 Å². The molecule has 0 spiro atoms. The van der Waals surface area contributed by atoms with Gasteiger partial charge in [-0.1, -0.05) is 30.5 Å². The van der Waals surface area contributed by atoms with Gasteiger partial charge >= 0.3 is 6.01 Å². The van der Waals surface area contributed by atoms with Crippen LogP contribution in [-0.4, -0.2) is 41.9 Å². The highest BCUT2D eigenvalue weighted by atomic mass is 35.5. The number of rotatable bonds is 5. The Hall–Kier alpha value is -2.75. The van der Waals surface area contributed by atoms with Gasteiger partial charge in [-0.15, -0.1) is 5.10 Å². The van der Waals surface area contributed by atoms with Crippen LogP contribution in [0.3, 0.4) is 0 Å². The van der Waals surface area contributed by atoms with Gasteiger partial charge in [-0.25, -0.2) is 8.42 Å². The van der Waals surface area contributed by atoms with Gasteiger partial charge in [0.05, 0.1) is 4.90 Å². The standard InChI is InChI=1S/C22H23ClN4O4S/c1-14-11-15(2)13-27(12-14)32(29,30)19-9-5-16(6-10-19)20(28)24-22-26-25-21(31-22)17-3-7-18(23)8-4-17/h3-10,14-15H,11-13H2,1-2H3,(H,24,26,28)/t14-,15-/m1/s1. The number of carbonyl (C=O) groups excluding carboxylic acids is 1. The van der Waals surface area contributed by atoms with Gasteiger partial charge in [-0.2, -0.15) is 4.31 Å². The van der Waals surface area contributed by atoms with Gasteiger partial charge in [-0.3, -0.25) is 10.1 Å². The second kappa shape index (κ2) is 9.01. The highest BCUT2D eigenvalue weighted by Crippen LogP contribution is 2.27. The molecule has 0 radical (unpaired) electrons. The van der Waals surface area contributed by atoms with Crippen molar-refractivity contribution in [2.24, 2.45) is 11.8 Å². The predicted octanol–water partition coefficient (Wildman–Crippen LogP) is 4.31. The van der Waals surface area contributed by atoms with Gasteiger partial charge in [0, 0.05) is 29.2 Å².